The number of alkyl carbamates (subject to hydrolysis) is 1. The van der Waals surface area contributed by atoms with E-state index in [9.17, 15) is 24.3 Å². The summed E-state index contributed by atoms with van der Waals surface area (Å²) in [5.74, 6) is -0.836. The number of rotatable bonds is 15. The Bertz CT molecular complexity index is 1970. The number of hydrogen-bond donors (Lipinski definition) is 4. The minimum absolute atomic E-state index is 0.0380. The molecule has 1 aliphatic heterocycles. The van der Waals surface area contributed by atoms with Gasteiger partial charge in [-0.2, -0.15) is 0 Å². The summed E-state index contributed by atoms with van der Waals surface area (Å²) in [7, 11) is 1.24. The van der Waals surface area contributed by atoms with Gasteiger partial charge < -0.3 is 35.6 Å². The van der Waals surface area contributed by atoms with Crippen molar-refractivity contribution in [2.45, 2.75) is 91.2 Å². The quantitative estimate of drug-likeness (QED) is 0.107. The smallest absolute Gasteiger partial charge is 0.407 e. The number of aromatic nitrogens is 1. The van der Waals surface area contributed by atoms with Gasteiger partial charge >= 0.3 is 12.1 Å². The molecular formula is C46H58N6O6. The van der Waals surface area contributed by atoms with Gasteiger partial charge in [0.2, 0.25) is 11.8 Å². The third-order valence-electron chi connectivity index (χ3n) is 10.4. The maximum atomic E-state index is 14.5. The van der Waals surface area contributed by atoms with Crippen LogP contribution in [0.5, 0.6) is 0 Å². The molecular weight excluding hydrogens is 733 g/mol. The number of methoxy groups -OCH3 is 1. The summed E-state index contributed by atoms with van der Waals surface area (Å²) in [6, 6.07) is 29.0. The van der Waals surface area contributed by atoms with E-state index < -0.39 is 59.0 Å². The van der Waals surface area contributed by atoms with Crippen molar-refractivity contribution < 1.29 is 29.0 Å². The van der Waals surface area contributed by atoms with Crippen LogP contribution in [0.25, 0.3) is 11.3 Å². The Kier molecular flexibility index (Phi) is 14.3. The molecule has 12 nitrogen and oxygen atoms in total. The number of pyridine rings is 1. The number of carbonyl (C=O) groups is 4. The van der Waals surface area contributed by atoms with Gasteiger partial charge in [-0.1, -0.05) is 133 Å². The Morgan fingerprint density at radius 1 is 0.759 bits per heavy atom. The number of nitrogens with zero attached hydrogens (tertiary/aromatic N) is 3. The van der Waals surface area contributed by atoms with E-state index in [0.29, 0.717) is 31.6 Å². The van der Waals surface area contributed by atoms with Crippen LogP contribution in [0.1, 0.15) is 70.7 Å². The van der Waals surface area contributed by atoms with Gasteiger partial charge in [0.1, 0.15) is 12.1 Å². The fourth-order valence-corrected chi connectivity index (χ4v) is 7.48. The van der Waals surface area contributed by atoms with Gasteiger partial charge in [0.25, 0.3) is 0 Å². The maximum absolute atomic E-state index is 14.5. The van der Waals surface area contributed by atoms with Crippen LogP contribution in [0, 0.1) is 10.8 Å². The minimum atomic E-state index is -1.18. The van der Waals surface area contributed by atoms with Gasteiger partial charge in [0, 0.05) is 37.4 Å². The van der Waals surface area contributed by atoms with Crippen molar-refractivity contribution in [3.05, 3.63) is 126 Å². The number of aliphatic hydroxyl groups is 1. The van der Waals surface area contributed by atoms with Crippen molar-refractivity contribution in [2.75, 3.05) is 20.2 Å². The molecule has 2 heterocycles. The molecule has 0 saturated carbocycles. The zero-order chi connectivity index (χ0) is 42.0. The van der Waals surface area contributed by atoms with E-state index >= 15 is 0 Å². The summed E-state index contributed by atoms with van der Waals surface area (Å²) in [4.78, 5) is 62.6. The third kappa shape index (κ3) is 11.4. The summed E-state index contributed by atoms with van der Waals surface area (Å²) in [6.07, 6.45) is 0.183. The first-order valence-electron chi connectivity index (χ1n) is 19.8. The zero-order valence-electron chi connectivity index (χ0n) is 34.6. The first-order chi connectivity index (χ1) is 27.5. The van der Waals surface area contributed by atoms with Gasteiger partial charge in [0.05, 0.1) is 24.9 Å². The fourth-order valence-electron chi connectivity index (χ4n) is 7.48. The minimum Gasteiger partial charge on any atom is -0.453 e. The predicted octanol–water partition coefficient (Wildman–Crippen LogP) is 6.51. The molecule has 1 aromatic heterocycles. The Morgan fingerprint density at radius 2 is 1.40 bits per heavy atom. The molecule has 0 aliphatic carbocycles. The Balaban J connectivity index is 1.42. The molecule has 5 amide bonds. The highest BCUT2D eigenvalue weighted by atomic mass is 16.5. The lowest BCUT2D eigenvalue weighted by Gasteiger charge is -2.38. The highest BCUT2D eigenvalue weighted by Gasteiger charge is 2.44. The summed E-state index contributed by atoms with van der Waals surface area (Å²) >= 11 is 0. The molecule has 0 bridgehead atoms. The Hall–Kier alpha value is -5.75. The van der Waals surface area contributed by atoms with E-state index in [4.69, 9.17) is 4.74 Å². The van der Waals surface area contributed by atoms with Crippen molar-refractivity contribution in [3.8, 4) is 11.3 Å². The van der Waals surface area contributed by atoms with Crippen LogP contribution >= 0.6 is 0 Å². The summed E-state index contributed by atoms with van der Waals surface area (Å²) in [5.41, 5.74) is 2.98. The molecule has 0 spiro atoms. The first kappa shape index (κ1) is 43.4. The number of hydrogen-bond acceptors (Lipinski definition) is 7. The van der Waals surface area contributed by atoms with Crippen LogP contribution in [0.15, 0.2) is 109 Å². The largest absolute Gasteiger partial charge is 0.453 e. The lowest BCUT2D eigenvalue weighted by Crippen LogP contribution is -2.57. The Labute approximate surface area is 342 Å². The van der Waals surface area contributed by atoms with Crippen molar-refractivity contribution >= 4 is 23.9 Å². The number of amides is 5. The lowest BCUT2D eigenvalue weighted by atomic mass is 9.84. The number of benzene rings is 3. The molecule has 12 heteroatoms. The number of ether oxygens (including phenoxy) is 1. The molecule has 5 rings (SSSR count). The zero-order valence-corrected chi connectivity index (χ0v) is 34.6. The monoisotopic (exact) mass is 790 g/mol. The van der Waals surface area contributed by atoms with Crippen LogP contribution in [0.2, 0.25) is 0 Å². The average molecular weight is 791 g/mol. The normalized spacial score (nSPS) is 15.8. The topological polar surface area (TPSA) is 153 Å². The molecule has 1 fully saturated rings. The molecule has 1 saturated heterocycles. The molecule has 308 valence electrons. The summed E-state index contributed by atoms with van der Waals surface area (Å²) < 4.78 is 4.83. The van der Waals surface area contributed by atoms with E-state index in [1.54, 1.807) is 16.0 Å². The van der Waals surface area contributed by atoms with E-state index in [-0.39, 0.29) is 12.5 Å². The number of carbonyl (C=O) groups excluding carboxylic acids is 4. The van der Waals surface area contributed by atoms with E-state index in [1.807, 2.05) is 145 Å². The van der Waals surface area contributed by atoms with Gasteiger partial charge in [-0.25, -0.2) is 9.59 Å². The molecule has 5 atom stereocenters. The van der Waals surface area contributed by atoms with Crippen molar-refractivity contribution in [3.63, 3.8) is 0 Å². The summed E-state index contributed by atoms with van der Waals surface area (Å²) in [5, 5.41) is 21.1. The van der Waals surface area contributed by atoms with Gasteiger partial charge in [-0.05, 0) is 52.5 Å². The van der Waals surface area contributed by atoms with Crippen molar-refractivity contribution in [2.24, 2.45) is 10.8 Å². The van der Waals surface area contributed by atoms with Crippen LogP contribution in [-0.2, 0) is 27.3 Å². The number of urea groups is 1. The second-order valence-corrected chi connectivity index (χ2v) is 17.1. The standard InChI is InChI=1S/C46H58N6O6/c1-45(2,3)39(50-43(56)58-7)41(54)48-35(28-31-21-23-33(24-22-31)36-20-14-15-25-47-36)29-37(53)38(34-18-12-9-13-19-34)49-42(55)40(46(4,5)6)52-27-26-51(44(52)57)30-32-16-10-8-11-17-32/h8-25,35,37-40,53H,26-30H2,1-7H3,(H,48,54)(H,49,55)(H,50,56)/t35-,37-,38-,39+,40+/m0/s1. The fraction of sp³-hybridized carbons (Fsp3) is 0.413. The van der Waals surface area contributed by atoms with E-state index in [2.05, 4.69) is 20.9 Å². The van der Waals surface area contributed by atoms with Gasteiger partial charge in [0.15, 0.2) is 0 Å². The summed E-state index contributed by atoms with van der Waals surface area (Å²) in [6.45, 7) is 12.6. The molecule has 3 aromatic carbocycles. The van der Waals surface area contributed by atoms with Crippen LogP contribution in [0.3, 0.4) is 0 Å². The molecule has 0 unspecified atom stereocenters. The molecule has 1 aliphatic rings. The second-order valence-electron chi connectivity index (χ2n) is 17.1. The SMILES string of the molecule is COC(=O)N[C@H](C(=O)N[C@@H](Cc1ccc(-c2ccccn2)cc1)C[C@H](O)[C@@H](NC(=O)[C@@H](N1CCN(Cc2ccccc2)C1=O)C(C)(C)C)c1ccccc1)C(C)(C)C. The average Bonchev–Trinajstić information content (AvgIpc) is 3.53. The highest BCUT2D eigenvalue weighted by molar-refractivity contribution is 5.89. The second kappa shape index (κ2) is 19.1. The van der Waals surface area contributed by atoms with Crippen molar-refractivity contribution in [1.82, 2.24) is 30.7 Å². The molecule has 58 heavy (non-hydrogen) atoms. The maximum Gasteiger partial charge on any atom is 0.407 e. The Morgan fingerprint density at radius 3 is 1.98 bits per heavy atom. The van der Waals surface area contributed by atoms with Crippen LogP contribution in [-0.4, -0.2) is 88.3 Å². The number of aliphatic hydroxyl groups excluding tert-OH is 1. The highest BCUT2D eigenvalue weighted by Crippen LogP contribution is 2.31. The van der Waals surface area contributed by atoms with Gasteiger partial charge in [-0.15, -0.1) is 0 Å². The predicted molar refractivity (Wildman–Crippen MR) is 224 cm³/mol. The lowest BCUT2D eigenvalue weighted by molar-refractivity contribution is -0.131. The van der Waals surface area contributed by atoms with Crippen LogP contribution < -0.4 is 16.0 Å². The first-order valence-corrected chi connectivity index (χ1v) is 19.8. The molecule has 4 aromatic rings. The van der Waals surface area contributed by atoms with Gasteiger partial charge in [-0.3, -0.25) is 14.6 Å². The number of nitrogens with one attached hydrogen (secondary N) is 3. The molecule has 0 radical (unpaired) electrons. The molecule has 4 N–H and O–H groups in total. The van der Waals surface area contributed by atoms with E-state index in [0.717, 1.165) is 22.4 Å². The van der Waals surface area contributed by atoms with E-state index in [1.165, 1.54) is 7.11 Å². The van der Waals surface area contributed by atoms with Crippen LogP contribution in [0.4, 0.5) is 9.59 Å². The van der Waals surface area contributed by atoms with Crippen molar-refractivity contribution in [1.29, 1.82) is 0 Å². The third-order valence-corrected chi connectivity index (χ3v) is 10.4.